The number of carbonyl (C=O) groups excluding carboxylic acids is 1. The molecule has 2 saturated heterocycles. The van der Waals surface area contributed by atoms with Gasteiger partial charge in [0.25, 0.3) is 0 Å². The molecule has 1 aromatic carbocycles. The average molecular weight is 437 g/mol. The lowest BCUT2D eigenvalue weighted by molar-refractivity contribution is -0.130. The summed E-state index contributed by atoms with van der Waals surface area (Å²) in [7, 11) is 1.73. The second kappa shape index (κ2) is 9.92. The third-order valence-corrected chi connectivity index (χ3v) is 7.16. The molecule has 1 amide bonds. The van der Waals surface area contributed by atoms with E-state index >= 15 is 0 Å². The Morgan fingerprint density at radius 2 is 1.78 bits per heavy atom. The lowest BCUT2D eigenvalue weighted by Gasteiger charge is -2.35. The molecule has 4 nitrogen and oxygen atoms in total. The highest BCUT2D eigenvalue weighted by molar-refractivity contribution is 9.10. The largest absolute Gasteiger partial charge is 0.497 e. The summed E-state index contributed by atoms with van der Waals surface area (Å²) < 4.78 is 6.57. The summed E-state index contributed by atoms with van der Waals surface area (Å²) in [6, 6.07) is 6.28. The Bertz CT molecular complexity index is 621. The van der Waals surface area contributed by atoms with Crippen LogP contribution in [0.1, 0.15) is 44.6 Å². The normalized spacial score (nSPS) is 20.0. The first-order valence-corrected chi connectivity index (χ1v) is 11.1. The molecule has 0 radical (unpaired) electrons. The number of ether oxygens (including phenoxy) is 1. The Hall–Kier alpha value is -1.07. The summed E-state index contributed by atoms with van der Waals surface area (Å²) >= 11 is 3.69. The van der Waals surface area contributed by atoms with Crippen molar-refractivity contribution in [2.45, 2.75) is 45.4 Å². The number of carbonyl (C=O) groups is 1. The molecular formula is C22H33BrN2O2. The summed E-state index contributed by atoms with van der Waals surface area (Å²) in [5.41, 5.74) is 1.37. The van der Waals surface area contributed by atoms with E-state index in [1.165, 1.54) is 61.8 Å². The van der Waals surface area contributed by atoms with Crippen LogP contribution in [0, 0.1) is 11.8 Å². The van der Waals surface area contributed by atoms with Crippen LogP contribution in [0.15, 0.2) is 22.7 Å². The number of hydrogen-bond acceptors (Lipinski definition) is 3. The zero-order valence-corrected chi connectivity index (χ0v) is 18.3. The van der Waals surface area contributed by atoms with E-state index in [0.29, 0.717) is 0 Å². The third kappa shape index (κ3) is 5.95. The Morgan fingerprint density at radius 3 is 2.41 bits per heavy atom. The molecule has 150 valence electrons. The molecule has 0 saturated carbocycles. The molecule has 0 aromatic heterocycles. The molecular weight excluding hydrogens is 404 g/mol. The quantitative estimate of drug-likeness (QED) is 0.663. The summed E-state index contributed by atoms with van der Waals surface area (Å²) in [5, 5.41) is 0. The van der Waals surface area contributed by atoms with Crippen LogP contribution < -0.4 is 4.74 Å². The van der Waals surface area contributed by atoms with Gasteiger partial charge in [-0.1, -0.05) is 15.9 Å². The van der Waals surface area contributed by atoms with Crippen molar-refractivity contribution < 1.29 is 9.53 Å². The predicted molar refractivity (Wildman–Crippen MR) is 113 cm³/mol. The number of nitrogens with zero attached hydrogens (tertiary/aromatic N) is 2. The Labute approximate surface area is 172 Å². The number of likely N-dealkylation sites (tertiary alicyclic amines) is 2. The number of rotatable bonds is 6. The minimum Gasteiger partial charge on any atom is -0.497 e. The zero-order valence-electron chi connectivity index (χ0n) is 16.8. The minimum atomic E-state index is 0.234. The molecule has 5 heteroatoms. The fourth-order valence-electron chi connectivity index (χ4n) is 4.46. The first kappa shape index (κ1) is 20.7. The highest BCUT2D eigenvalue weighted by atomic mass is 79.9. The number of amides is 1. The molecule has 2 aliphatic heterocycles. The lowest BCUT2D eigenvalue weighted by Crippen LogP contribution is -2.39. The van der Waals surface area contributed by atoms with Gasteiger partial charge in [-0.05, 0) is 93.8 Å². The van der Waals surface area contributed by atoms with Crippen molar-refractivity contribution in [3.63, 3.8) is 0 Å². The Balaban J connectivity index is 1.38. The maximum atomic E-state index is 11.4. The van der Waals surface area contributed by atoms with Crippen LogP contribution in [0.2, 0.25) is 0 Å². The molecule has 0 atom stereocenters. The molecule has 0 aliphatic carbocycles. The summed E-state index contributed by atoms with van der Waals surface area (Å²) in [4.78, 5) is 16.1. The third-order valence-electron chi connectivity index (χ3n) is 6.38. The van der Waals surface area contributed by atoms with E-state index in [-0.39, 0.29) is 5.91 Å². The van der Waals surface area contributed by atoms with E-state index in [1.54, 1.807) is 14.0 Å². The molecule has 0 unspecified atom stereocenters. The average Bonchev–Trinajstić information content (AvgIpc) is 2.69. The predicted octanol–water partition coefficient (Wildman–Crippen LogP) is 4.36. The fourth-order valence-corrected chi connectivity index (χ4v) is 4.87. The fraction of sp³-hybridized carbons (Fsp3) is 0.682. The molecule has 2 aliphatic rings. The maximum absolute atomic E-state index is 11.4. The van der Waals surface area contributed by atoms with Crippen LogP contribution in [0.25, 0.3) is 0 Å². The van der Waals surface area contributed by atoms with Crippen molar-refractivity contribution in [2.75, 3.05) is 39.8 Å². The number of halogens is 1. The first-order valence-electron chi connectivity index (χ1n) is 10.4. The minimum absolute atomic E-state index is 0.234. The number of benzene rings is 1. The molecule has 1 aromatic rings. The van der Waals surface area contributed by atoms with E-state index in [4.69, 9.17) is 4.74 Å². The molecule has 0 N–H and O–H groups in total. The molecule has 2 fully saturated rings. The van der Waals surface area contributed by atoms with Crippen molar-refractivity contribution in [3.05, 3.63) is 28.2 Å². The van der Waals surface area contributed by atoms with Gasteiger partial charge in [-0.25, -0.2) is 0 Å². The van der Waals surface area contributed by atoms with Gasteiger partial charge in [-0.2, -0.15) is 0 Å². The molecule has 0 bridgehead atoms. The van der Waals surface area contributed by atoms with Crippen LogP contribution in [-0.4, -0.2) is 55.5 Å². The Morgan fingerprint density at radius 1 is 1.11 bits per heavy atom. The van der Waals surface area contributed by atoms with E-state index < -0.39 is 0 Å². The van der Waals surface area contributed by atoms with Gasteiger partial charge < -0.3 is 14.5 Å². The van der Waals surface area contributed by atoms with Gasteiger partial charge in [0.15, 0.2) is 0 Å². The molecule has 2 heterocycles. The van der Waals surface area contributed by atoms with Crippen molar-refractivity contribution in [2.24, 2.45) is 11.8 Å². The molecule has 0 spiro atoms. The Kier molecular flexibility index (Phi) is 7.59. The van der Waals surface area contributed by atoms with Gasteiger partial charge in [-0.3, -0.25) is 4.79 Å². The van der Waals surface area contributed by atoms with Crippen LogP contribution in [0.3, 0.4) is 0 Å². The smallest absolute Gasteiger partial charge is 0.219 e. The number of hydrogen-bond donors (Lipinski definition) is 0. The maximum Gasteiger partial charge on any atom is 0.219 e. The van der Waals surface area contributed by atoms with Crippen molar-refractivity contribution >= 4 is 21.8 Å². The van der Waals surface area contributed by atoms with Crippen molar-refractivity contribution in [1.82, 2.24) is 9.80 Å². The van der Waals surface area contributed by atoms with E-state index in [9.17, 15) is 4.79 Å². The monoisotopic (exact) mass is 436 g/mol. The molecule has 27 heavy (non-hydrogen) atoms. The van der Waals surface area contributed by atoms with Gasteiger partial charge in [0.05, 0.1) is 7.11 Å². The van der Waals surface area contributed by atoms with E-state index in [1.807, 2.05) is 11.0 Å². The van der Waals surface area contributed by atoms with Crippen molar-refractivity contribution in [3.8, 4) is 5.75 Å². The van der Waals surface area contributed by atoms with E-state index in [0.717, 1.165) is 37.1 Å². The highest BCUT2D eigenvalue weighted by Crippen LogP contribution is 2.29. The van der Waals surface area contributed by atoms with Crippen LogP contribution >= 0.6 is 15.9 Å². The summed E-state index contributed by atoms with van der Waals surface area (Å²) in [5.74, 6) is 2.74. The summed E-state index contributed by atoms with van der Waals surface area (Å²) in [6.45, 7) is 7.26. The standard InChI is InChI=1S/C22H33BrN2O2/c1-17(26)25-13-8-18(9-14-25)5-10-24-11-6-19(7-12-24)15-20-16-21(27-2)3-4-22(20)23/h3-4,16,18-19H,5-15H2,1-2H3. The van der Waals surface area contributed by atoms with Gasteiger partial charge in [-0.15, -0.1) is 0 Å². The van der Waals surface area contributed by atoms with Gasteiger partial charge in [0.1, 0.15) is 5.75 Å². The number of methoxy groups -OCH3 is 1. The first-order chi connectivity index (χ1) is 13.0. The second-order valence-electron chi connectivity index (χ2n) is 8.18. The SMILES string of the molecule is COc1ccc(Br)c(CC2CCN(CCC3CCN(C(C)=O)CC3)CC2)c1. The van der Waals surface area contributed by atoms with Gasteiger partial charge in [0.2, 0.25) is 5.91 Å². The van der Waals surface area contributed by atoms with Gasteiger partial charge >= 0.3 is 0 Å². The second-order valence-corrected chi connectivity index (χ2v) is 9.04. The van der Waals surface area contributed by atoms with Crippen LogP contribution in [0.5, 0.6) is 5.75 Å². The zero-order chi connectivity index (χ0) is 19.2. The topological polar surface area (TPSA) is 32.8 Å². The van der Waals surface area contributed by atoms with Gasteiger partial charge in [0, 0.05) is 24.5 Å². The lowest BCUT2D eigenvalue weighted by atomic mass is 9.89. The summed E-state index contributed by atoms with van der Waals surface area (Å²) in [6.07, 6.45) is 7.35. The highest BCUT2D eigenvalue weighted by Gasteiger charge is 2.23. The van der Waals surface area contributed by atoms with E-state index in [2.05, 4.69) is 33.0 Å². The van der Waals surface area contributed by atoms with Crippen LogP contribution in [-0.2, 0) is 11.2 Å². The molecule has 3 rings (SSSR count). The number of piperidine rings is 2. The van der Waals surface area contributed by atoms with Crippen LogP contribution in [0.4, 0.5) is 0 Å². The van der Waals surface area contributed by atoms with Crippen molar-refractivity contribution in [1.29, 1.82) is 0 Å².